The van der Waals surface area contributed by atoms with Crippen LogP contribution in [-0.2, 0) is 19.3 Å². The van der Waals surface area contributed by atoms with Crippen molar-refractivity contribution >= 4 is 22.2 Å². The second kappa shape index (κ2) is 6.30. The molecule has 4 aromatic rings. The van der Waals surface area contributed by atoms with E-state index in [-0.39, 0.29) is 0 Å². The lowest BCUT2D eigenvalue weighted by molar-refractivity contribution is 0.806. The minimum atomic E-state index is 0.770. The van der Waals surface area contributed by atoms with E-state index in [4.69, 9.17) is 4.98 Å². The molecule has 0 atom stereocenters. The zero-order chi connectivity index (χ0) is 18.4. The van der Waals surface area contributed by atoms with E-state index in [0.29, 0.717) is 0 Å². The highest BCUT2D eigenvalue weighted by atomic mass is 15.3. The fourth-order valence-corrected chi connectivity index (χ4v) is 3.82. The Balaban J connectivity index is 1.45. The molecule has 1 aliphatic heterocycles. The Morgan fingerprint density at radius 1 is 1.07 bits per heavy atom. The molecule has 0 amide bonds. The van der Waals surface area contributed by atoms with E-state index in [9.17, 15) is 0 Å². The van der Waals surface area contributed by atoms with Gasteiger partial charge in [-0.3, -0.25) is 9.97 Å². The molecule has 1 N–H and O–H groups in total. The summed E-state index contributed by atoms with van der Waals surface area (Å²) in [6.45, 7) is 5.01. The fraction of sp³-hybridized carbons (Fsp3) is 0.333. The predicted octanol–water partition coefficient (Wildman–Crippen LogP) is 3.43. The van der Waals surface area contributed by atoms with E-state index < -0.39 is 0 Å². The molecule has 0 unspecified atom stereocenters. The second-order valence-corrected chi connectivity index (χ2v) is 7.24. The molecule has 0 fully saturated rings. The summed E-state index contributed by atoms with van der Waals surface area (Å²) in [6, 6.07) is 8.64. The van der Waals surface area contributed by atoms with Gasteiger partial charge in [-0.25, -0.2) is 9.50 Å². The average Bonchev–Trinajstić information content (AvgIpc) is 3.15. The van der Waals surface area contributed by atoms with Gasteiger partial charge in [0.05, 0.1) is 16.9 Å². The molecule has 3 aromatic heterocycles. The van der Waals surface area contributed by atoms with Crippen LogP contribution < -0.4 is 5.32 Å². The number of pyridine rings is 1. The average molecular weight is 358 g/mol. The minimum Gasteiger partial charge on any atom is -0.385 e. The highest BCUT2D eigenvalue weighted by molar-refractivity contribution is 5.87. The summed E-state index contributed by atoms with van der Waals surface area (Å²) in [5, 5.41) is 9.35. The van der Waals surface area contributed by atoms with Crippen LogP contribution in [0.2, 0.25) is 0 Å². The number of nitrogens with one attached hydrogen (secondary N) is 1. The molecule has 0 spiro atoms. The largest absolute Gasteiger partial charge is 0.385 e. The first-order chi connectivity index (χ1) is 13.2. The summed E-state index contributed by atoms with van der Waals surface area (Å²) in [4.78, 5) is 14.0. The van der Waals surface area contributed by atoms with E-state index in [1.807, 2.05) is 24.6 Å². The smallest absolute Gasteiger partial charge is 0.177 e. The molecule has 6 nitrogen and oxygen atoms in total. The molecular weight excluding hydrogens is 336 g/mol. The first kappa shape index (κ1) is 16.2. The molecule has 1 aliphatic rings. The summed E-state index contributed by atoms with van der Waals surface area (Å²) in [5.74, 6) is 0.841. The van der Waals surface area contributed by atoms with Crippen LogP contribution >= 0.6 is 0 Å². The number of fused-ring (bicyclic) bond motifs is 4. The maximum atomic E-state index is 4.98. The maximum absolute atomic E-state index is 4.98. The highest BCUT2D eigenvalue weighted by Crippen LogP contribution is 2.29. The molecule has 1 aromatic carbocycles. The number of anilines is 1. The van der Waals surface area contributed by atoms with Gasteiger partial charge in [0.15, 0.2) is 11.5 Å². The quantitative estimate of drug-likeness (QED) is 0.608. The molecular formula is C21H22N6. The van der Waals surface area contributed by atoms with Gasteiger partial charge in [-0.05, 0) is 45.2 Å². The van der Waals surface area contributed by atoms with Gasteiger partial charge in [0.25, 0.3) is 0 Å². The standard InChI is InChI=1S/C21H22N6/c1-13-12-23-14(2)21-25-19(26-27(13)21)10-8-16-7-5-15-6-9-18-17(20(15)24-16)4-3-11-22-18/h5-7,9,12,22H,3-4,8,10-11H2,1-2H3. The topological polar surface area (TPSA) is 68.0 Å². The lowest BCUT2D eigenvalue weighted by Crippen LogP contribution is -2.12. The van der Waals surface area contributed by atoms with Gasteiger partial charge in [0, 0.05) is 41.5 Å². The van der Waals surface area contributed by atoms with Crippen molar-refractivity contribution in [3.05, 3.63) is 58.9 Å². The highest BCUT2D eigenvalue weighted by Gasteiger charge is 2.14. The lowest BCUT2D eigenvalue weighted by atomic mass is 9.99. The van der Waals surface area contributed by atoms with E-state index in [2.05, 4.69) is 44.6 Å². The monoisotopic (exact) mass is 358 g/mol. The van der Waals surface area contributed by atoms with Crippen LogP contribution in [0.1, 0.15) is 34.9 Å². The van der Waals surface area contributed by atoms with Crippen LogP contribution in [0, 0.1) is 13.8 Å². The normalized spacial score (nSPS) is 13.7. The third-order valence-corrected chi connectivity index (χ3v) is 5.30. The van der Waals surface area contributed by atoms with Crippen molar-refractivity contribution in [2.45, 2.75) is 39.5 Å². The van der Waals surface area contributed by atoms with E-state index in [0.717, 1.165) is 66.3 Å². The number of hydrogen-bond acceptors (Lipinski definition) is 5. The van der Waals surface area contributed by atoms with Crippen LogP contribution in [0.25, 0.3) is 16.6 Å². The van der Waals surface area contributed by atoms with Crippen LogP contribution in [0.5, 0.6) is 0 Å². The van der Waals surface area contributed by atoms with Crippen LogP contribution in [-0.4, -0.2) is 31.1 Å². The molecule has 0 saturated carbocycles. The zero-order valence-electron chi connectivity index (χ0n) is 15.7. The van der Waals surface area contributed by atoms with Crippen LogP contribution in [0.15, 0.2) is 30.5 Å². The van der Waals surface area contributed by atoms with Crippen molar-refractivity contribution in [1.29, 1.82) is 0 Å². The Kier molecular flexibility index (Phi) is 3.77. The fourth-order valence-electron chi connectivity index (χ4n) is 3.82. The second-order valence-electron chi connectivity index (χ2n) is 7.24. The molecule has 27 heavy (non-hydrogen) atoms. The Labute approximate surface area is 157 Å². The zero-order valence-corrected chi connectivity index (χ0v) is 15.7. The Bertz CT molecular complexity index is 1120. The number of nitrogens with zero attached hydrogens (tertiary/aromatic N) is 5. The number of aromatic nitrogens is 5. The van der Waals surface area contributed by atoms with Crippen LogP contribution in [0.3, 0.4) is 0 Å². The number of rotatable bonds is 3. The SMILES string of the molecule is Cc1ncc(C)n2nc(CCc3ccc4ccc5c(c4n3)CCCN5)nc12. The van der Waals surface area contributed by atoms with Gasteiger partial charge in [0.2, 0.25) is 0 Å². The molecule has 5 rings (SSSR count). The molecule has 6 heteroatoms. The van der Waals surface area contributed by atoms with Gasteiger partial charge in [0.1, 0.15) is 0 Å². The van der Waals surface area contributed by atoms with E-state index in [1.165, 1.54) is 16.6 Å². The van der Waals surface area contributed by atoms with Crippen molar-refractivity contribution in [3.8, 4) is 0 Å². The number of aryl methyl sites for hydroxylation is 5. The molecule has 136 valence electrons. The summed E-state index contributed by atoms with van der Waals surface area (Å²) in [7, 11) is 0. The molecule has 0 bridgehead atoms. The van der Waals surface area contributed by atoms with Crippen molar-refractivity contribution in [3.63, 3.8) is 0 Å². The summed E-state index contributed by atoms with van der Waals surface area (Å²) in [5.41, 5.74) is 7.56. The maximum Gasteiger partial charge on any atom is 0.177 e. The minimum absolute atomic E-state index is 0.770. The summed E-state index contributed by atoms with van der Waals surface area (Å²) >= 11 is 0. The summed E-state index contributed by atoms with van der Waals surface area (Å²) in [6.07, 6.45) is 5.69. The van der Waals surface area contributed by atoms with Gasteiger partial charge in [-0.1, -0.05) is 12.1 Å². The van der Waals surface area contributed by atoms with E-state index in [1.54, 1.807) is 0 Å². The van der Waals surface area contributed by atoms with Crippen molar-refractivity contribution in [2.24, 2.45) is 0 Å². The van der Waals surface area contributed by atoms with Crippen LogP contribution in [0.4, 0.5) is 5.69 Å². The van der Waals surface area contributed by atoms with Crippen molar-refractivity contribution in [1.82, 2.24) is 24.6 Å². The third-order valence-electron chi connectivity index (χ3n) is 5.30. The first-order valence-electron chi connectivity index (χ1n) is 9.52. The number of benzene rings is 1. The van der Waals surface area contributed by atoms with Gasteiger partial charge in [-0.2, -0.15) is 5.10 Å². The van der Waals surface area contributed by atoms with Gasteiger partial charge < -0.3 is 5.32 Å². The molecule has 0 radical (unpaired) electrons. The first-order valence-corrected chi connectivity index (χ1v) is 9.52. The van der Waals surface area contributed by atoms with Crippen molar-refractivity contribution < 1.29 is 0 Å². The molecule has 0 saturated heterocycles. The third kappa shape index (κ3) is 2.81. The van der Waals surface area contributed by atoms with Crippen molar-refractivity contribution in [2.75, 3.05) is 11.9 Å². The van der Waals surface area contributed by atoms with Gasteiger partial charge >= 0.3 is 0 Å². The Morgan fingerprint density at radius 3 is 2.85 bits per heavy atom. The lowest BCUT2D eigenvalue weighted by Gasteiger charge is -2.19. The predicted molar refractivity (Wildman–Crippen MR) is 106 cm³/mol. The Hall–Kier alpha value is -3.02. The van der Waals surface area contributed by atoms with E-state index >= 15 is 0 Å². The molecule has 4 heterocycles. The summed E-state index contributed by atoms with van der Waals surface area (Å²) < 4.78 is 1.88. The molecule has 0 aliphatic carbocycles. The number of hydrogen-bond donors (Lipinski definition) is 1. The van der Waals surface area contributed by atoms with Gasteiger partial charge in [-0.15, -0.1) is 0 Å². The Morgan fingerprint density at radius 2 is 1.96 bits per heavy atom.